The molecule has 0 saturated heterocycles. The normalized spacial score (nSPS) is 11.1. The lowest BCUT2D eigenvalue weighted by Crippen LogP contribution is -2.40. The Kier molecular flexibility index (Phi) is 8.91. The van der Waals surface area contributed by atoms with Crippen LogP contribution in [0.3, 0.4) is 0 Å². The van der Waals surface area contributed by atoms with Crippen molar-refractivity contribution < 1.29 is 19.1 Å². The van der Waals surface area contributed by atoms with E-state index in [0.717, 1.165) is 12.3 Å². The second-order valence-corrected chi connectivity index (χ2v) is 9.52. The smallest absolute Gasteiger partial charge is 0.323 e. The first-order valence-electron chi connectivity index (χ1n) is 11.7. The van der Waals surface area contributed by atoms with E-state index in [2.05, 4.69) is 34.7 Å². The van der Waals surface area contributed by atoms with Gasteiger partial charge in [-0.15, -0.1) is 0 Å². The van der Waals surface area contributed by atoms with Gasteiger partial charge in [-0.2, -0.15) is 0 Å². The molecule has 0 saturated carbocycles. The van der Waals surface area contributed by atoms with Crippen LogP contribution in [0.2, 0.25) is 0 Å². The third-order valence-electron chi connectivity index (χ3n) is 5.27. The largest absolute Gasteiger partial charge is 0.496 e. The van der Waals surface area contributed by atoms with Crippen LogP contribution in [0.1, 0.15) is 24.2 Å². The topological polar surface area (TPSA) is 91.9 Å². The van der Waals surface area contributed by atoms with E-state index < -0.39 is 6.03 Å². The number of hydrogen-bond acceptors (Lipinski definition) is 5. The van der Waals surface area contributed by atoms with Crippen LogP contribution < -0.4 is 25.4 Å². The molecule has 36 heavy (non-hydrogen) atoms. The molecule has 8 heteroatoms. The summed E-state index contributed by atoms with van der Waals surface area (Å²) in [7, 11) is 5.50. The summed E-state index contributed by atoms with van der Waals surface area (Å²) in [4.78, 5) is 27.3. The van der Waals surface area contributed by atoms with Gasteiger partial charge < -0.3 is 30.3 Å². The summed E-state index contributed by atoms with van der Waals surface area (Å²) >= 11 is 0. The quantitative estimate of drug-likeness (QED) is 0.352. The minimum atomic E-state index is -0.420. The summed E-state index contributed by atoms with van der Waals surface area (Å²) in [6, 6.07) is 21.0. The molecular formula is C28H34N4O4. The summed E-state index contributed by atoms with van der Waals surface area (Å²) in [6.07, 6.45) is 0. The van der Waals surface area contributed by atoms with E-state index in [1.54, 1.807) is 42.5 Å². The number of amides is 3. The Morgan fingerprint density at radius 3 is 2.11 bits per heavy atom. The molecule has 0 atom stereocenters. The predicted molar refractivity (Wildman–Crippen MR) is 143 cm³/mol. The zero-order chi connectivity index (χ0) is 26.1. The molecule has 190 valence electrons. The molecular weight excluding hydrogens is 456 g/mol. The summed E-state index contributed by atoms with van der Waals surface area (Å²) < 4.78 is 11.2. The third-order valence-corrected chi connectivity index (χ3v) is 5.27. The molecule has 0 heterocycles. The summed E-state index contributed by atoms with van der Waals surface area (Å²) in [5.74, 6) is 1.54. The van der Waals surface area contributed by atoms with Crippen LogP contribution >= 0.6 is 0 Å². The van der Waals surface area contributed by atoms with Gasteiger partial charge in [-0.05, 0) is 68.0 Å². The Balaban J connectivity index is 1.57. The number of benzene rings is 3. The number of methoxy groups -OCH3 is 1. The van der Waals surface area contributed by atoms with Crippen molar-refractivity contribution in [3.05, 3.63) is 78.4 Å². The van der Waals surface area contributed by atoms with Crippen LogP contribution in [0, 0.1) is 5.41 Å². The predicted octanol–water partition coefficient (Wildman–Crippen LogP) is 5.45. The maximum Gasteiger partial charge on any atom is 0.323 e. The fraction of sp³-hybridized carbons (Fsp3) is 0.286. The number of para-hydroxylation sites is 1. The van der Waals surface area contributed by atoms with E-state index in [9.17, 15) is 9.59 Å². The number of hydrogen-bond donors (Lipinski definition) is 3. The van der Waals surface area contributed by atoms with Crippen molar-refractivity contribution in [1.82, 2.24) is 10.2 Å². The van der Waals surface area contributed by atoms with Crippen LogP contribution in [-0.2, 0) is 0 Å². The molecule has 3 aromatic carbocycles. The zero-order valence-electron chi connectivity index (χ0n) is 21.4. The van der Waals surface area contributed by atoms with Crippen molar-refractivity contribution in [3.63, 3.8) is 0 Å². The molecule has 0 spiro atoms. The second kappa shape index (κ2) is 12.1. The lowest BCUT2D eigenvalue weighted by Gasteiger charge is -2.28. The van der Waals surface area contributed by atoms with Gasteiger partial charge in [0.25, 0.3) is 5.91 Å². The SMILES string of the molecule is COc1cc(NC(=O)Nc2ccc(Oc3ccccc3)cc2)ccc1C(=O)NCC(C)(C)CN(C)C. The first-order valence-corrected chi connectivity index (χ1v) is 11.7. The van der Waals surface area contributed by atoms with Crippen LogP contribution in [0.4, 0.5) is 16.2 Å². The number of anilines is 2. The molecule has 0 unspecified atom stereocenters. The summed E-state index contributed by atoms with van der Waals surface area (Å²) in [5, 5.41) is 8.52. The van der Waals surface area contributed by atoms with Crippen LogP contribution in [0.5, 0.6) is 17.2 Å². The van der Waals surface area contributed by atoms with E-state index in [0.29, 0.717) is 35.0 Å². The van der Waals surface area contributed by atoms with Gasteiger partial charge in [-0.25, -0.2) is 4.79 Å². The third kappa shape index (κ3) is 8.02. The first kappa shape index (κ1) is 26.6. The van der Waals surface area contributed by atoms with E-state index in [1.165, 1.54) is 7.11 Å². The molecule has 3 rings (SSSR count). The molecule has 3 amide bonds. The fourth-order valence-corrected chi connectivity index (χ4v) is 3.81. The Bertz CT molecular complexity index is 1160. The van der Waals surface area contributed by atoms with Crippen LogP contribution in [-0.4, -0.2) is 51.1 Å². The van der Waals surface area contributed by atoms with E-state index in [4.69, 9.17) is 9.47 Å². The molecule has 0 aromatic heterocycles. The molecule has 3 aromatic rings. The van der Waals surface area contributed by atoms with Gasteiger partial charge in [0.2, 0.25) is 0 Å². The second-order valence-electron chi connectivity index (χ2n) is 9.52. The standard InChI is InChI=1S/C28H34N4O4/c1-28(2,19-32(3)4)18-29-26(33)24-16-13-21(17-25(24)35-5)31-27(34)30-20-11-14-23(15-12-20)36-22-9-7-6-8-10-22/h6-17H,18-19H2,1-5H3,(H,29,33)(H2,30,31,34). The highest BCUT2D eigenvalue weighted by Gasteiger charge is 2.21. The molecule has 0 bridgehead atoms. The number of ether oxygens (including phenoxy) is 2. The lowest BCUT2D eigenvalue weighted by molar-refractivity contribution is 0.0926. The van der Waals surface area contributed by atoms with Crippen molar-refractivity contribution in [2.45, 2.75) is 13.8 Å². The van der Waals surface area contributed by atoms with Crippen LogP contribution in [0.15, 0.2) is 72.8 Å². The monoisotopic (exact) mass is 490 g/mol. The van der Waals surface area contributed by atoms with Gasteiger partial charge in [0.1, 0.15) is 17.2 Å². The first-order chi connectivity index (χ1) is 17.1. The molecule has 0 aliphatic heterocycles. The lowest BCUT2D eigenvalue weighted by atomic mass is 9.93. The minimum Gasteiger partial charge on any atom is -0.496 e. The average molecular weight is 491 g/mol. The van der Waals surface area contributed by atoms with Crippen molar-refractivity contribution >= 4 is 23.3 Å². The van der Waals surface area contributed by atoms with E-state index >= 15 is 0 Å². The van der Waals surface area contributed by atoms with Crippen LogP contribution in [0.25, 0.3) is 0 Å². The van der Waals surface area contributed by atoms with Crippen molar-refractivity contribution in [1.29, 1.82) is 0 Å². The maximum absolute atomic E-state index is 12.8. The molecule has 0 radical (unpaired) electrons. The Labute approximate surface area is 212 Å². The molecule has 0 fully saturated rings. The summed E-state index contributed by atoms with van der Waals surface area (Å²) in [5.41, 5.74) is 1.42. The molecule has 3 N–H and O–H groups in total. The number of nitrogens with zero attached hydrogens (tertiary/aromatic N) is 1. The van der Waals surface area contributed by atoms with E-state index in [-0.39, 0.29) is 11.3 Å². The van der Waals surface area contributed by atoms with Crippen molar-refractivity contribution in [2.24, 2.45) is 5.41 Å². The number of rotatable bonds is 10. The highest BCUT2D eigenvalue weighted by atomic mass is 16.5. The number of nitrogens with one attached hydrogen (secondary N) is 3. The van der Waals surface area contributed by atoms with Gasteiger partial charge in [-0.3, -0.25) is 4.79 Å². The highest BCUT2D eigenvalue weighted by Crippen LogP contribution is 2.25. The number of carbonyl (C=O) groups excluding carboxylic acids is 2. The van der Waals surface area contributed by atoms with Gasteiger partial charge in [-0.1, -0.05) is 32.0 Å². The minimum absolute atomic E-state index is 0.0855. The molecule has 8 nitrogen and oxygen atoms in total. The van der Waals surface area contributed by atoms with Crippen molar-refractivity contribution in [3.8, 4) is 17.2 Å². The van der Waals surface area contributed by atoms with Crippen molar-refractivity contribution in [2.75, 3.05) is 44.9 Å². The highest BCUT2D eigenvalue weighted by molar-refractivity contribution is 6.01. The Morgan fingerprint density at radius 1 is 0.861 bits per heavy atom. The Morgan fingerprint density at radius 2 is 1.47 bits per heavy atom. The van der Waals surface area contributed by atoms with Gasteiger partial charge in [0, 0.05) is 30.5 Å². The van der Waals surface area contributed by atoms with Gasteiger partial charge in [0.15, 0.2) is 0 Å². The maximum atomic E-state index is 12.8. The molecule has 0 aliphatic rings. The summed E-state index contributed by atoms with van der Waals surface area (Å²) in [6.45, 7) is 5.55. The van der Waals surface area contributed by atoms with E-state index in [1.807, 2.05) is 44.4 Å². The average Bonchev–Trinajstić information content (AvgIpc) is 2.83. The number of carbonyl (C=O) groups is 2. The molecule has 0 aliphatic carbocycles. The van der Waals surface area contributed by atoms with Gasteiger partial charge >= 0.3 is 6.03 Å². The zero-order valence-corrected chi connectivity index (χ0v) is 21.4. The Hall–Kier alpha value is -4.04. The number of urea groups is 1. The van der Waals surface area contributed by atoms with Gasteiger partial charge in [0.05, 0.1) is 12.7 Å². The fourth-order valence-electron chi connectivity index (χ4n) is 3.81.